The van der Waals surface area contributed by atoms with E-state index >= 15 is 0 Å². The Balaban J connectivity index is 1.42. The number of furan rings is 1. The Bertz CT molecular complexity index is 2330. The maximum Gasteiger partial charge on any atom is 0.252 e. The minimum atomic E-state index is 0.0586. The molecule has 0 saturated carbocycles. The highest BCUT2D eigenvalue weighted by Gasteiger charge is 2.43. The molecule has 2 aliphatic rings. The van der Waals surface area contributed by atoms with Gasteiger partial charge in [0.15, 0.2) is 0 Å². The molecule has 0 N–H and O–H groups in total. The number of anilines is 6. The fourth-order valence-electron chi connectivity index (χ4n) is 7.58. The van der Waals surface area contributed by atoms with Crippen LogP contribution in [0.3, 0.4) is 0 Å². The lowest BCUT2D eigenvalue weighted by Gasteiger charge is -2.44. The van der Waals surface area contributed by atoms with E-state index in [-0.39, 0.29) is 6.71 Å². The van der Waals surface area contributed by atoms with Gasteiger partial charge in [-0.05, 0) is 123 Å². The van der Waals surface area contributed by atoms with E-state index < -0.39 is 0 Å². The summed E-state index contributed by atoms with van der Waals surface area (Å²) in [5.41, 5.74) is 19.3. The molecule has 0 radical (unpaired) electrons. The first-order valence-corrected chi connectivity index (χ1v) is 15.8. The van der Waals surface area contributed by atoms with E-state index in [0.29, 0.717) is 0 Å². The van der Waals surface area contributed by atoms with Crippen LogP contribution >= 0.6 is 0 Å². The molecule has 45 heavy (non-hydrogen) atoms. The minimum Gasteiger partial charge on any atom is -0.456 e. The van der Waals surface area contributed by atoms with Crippen molar-refractivity contribution in [2.45, 2.75) is 34.6 Å². The standard InChI is InChI=1S/C41H33BN2O/c1-24-6-12-29(13-7-24)43-35-16-10-27(4)19-33(35)42-34-23-40-32(31-18-26(3)11-17-39(31)45-40)22-36(34)44(30-14-8-25(2)9-15-30)38-21-28(5)20-37(43)41(38)42/h6-23H,1-5H3. The van der Waals surface area contributed by atoms with Crippen molar-refractivity contribution in [1.82, 2.24) is 0 Å². The lowest BCUT2D eigenvalue weighted by molar-refractivity contribution is 0.669. The van der Waals surface area contributed by atoms with Crippen molar-refractivity contribution in [1.29, 1.82) is 0 Å². The summed E-state index contributed by atoms with van der Waals surface area (Å²) < 4.78 is 6.56. The second-order valence-electron chi connectivity index (χ2n) is 13.1. The van der Waals surface area contributed by atoms with Gasteiger partial charge in [0.05, 0.1) is 0 Å². The molecule has 0 saturated heterocycles. The Morgan fingerprint density at radius 3 is 1.62 bits per heavy atom. The monoisotopic (exact) mass is 580 g/mol. The zero-order valence-corrected chi connectivity index (χ0v) is 26.3. The Morgan fingerprint density at radius 2 is 0.956 bits per heavy atom. The lowest BCUT2D eigenvalue weighted by atomic mass is 9.33. The molecular formula is C41H33BN2O. The highest BCUT2D eigenvalue weighted by atomic mass is 16.3. The molecule has 0 unspecified atom stereocenters. The van der Waals surface area contributed by atoms with Gasteiger partial charge in [-0.1, -0.05) is 64.7 Å². The van der Waals surface area contributed by atoms with Crippen LogP contribution in [0.15, 0.2) is 114 Å². The first-order valence-electron chi connectivity index (χ1n) is 15.8. The van der Waals surface area contributed by atoms with Crippen LogP contribution in [-0.4, -0.2) is 6.71 Å². The molecule has 7 aromatic rings. The molecule has 0 aliphatic carbocycles. The zero-order chi connectivity index (χ0) is 30.6. The fraction of sp³-hybridized carbons (Fsp3) is 0.122. The molecule has 3 heterocycles. The van der Waals surface area contributed by atoms with Crippen LogP contribution in [0.4, 0.5) is 34.1 Å². The van der Waals surface area contributed by atoms with Crippen molar-refractivity contribution in [2.75, 3.05) is 9.80 Å². The summed E-state index contributed by atoms with van der Waals surface area (Å²) in [7, 11) is 0. The van der Waals surface area contributed by atoms with Gasteiger partial charge in [-0.25, -0.2) is 0 Å². The van der Waals surface area contributed by atoms with Crippen molar-refractivity contribution in [3.63, 3.8) is 0 Å². The summed E-state index contributed by atoms with van der Waals surface area (Å²) in [5, 5.41) is 2.32. The Labute approximate surface area is 264 Å². The van der Waals surface area contributed by atoms with Gasteiger partial charge in [0.1, 0.15) is 11.2 Å². The van der Waals surface area contributed by atoms with E-state index in [1.807, 2.05) is 0 Å². The first-order chi connectivity index (χ1) is 21.8. The normalized spacial score (nSPS) is 13.3. The van der Waals surface area contributed by atoms with Gasteiger partial charge in [-0.15, -0.1) is 0 Å². The van der Waals surface area contributed by atoms with Crippen molar-refractivity contribution in [3.8, 4) is 0 Å². The summed E-state index contributed by atoms with van der Waals surface area (Å²) in [5.74, 6) is 0. The topological polar surface area (TPSA) is 19.6 Å². The third-order valence-electron chi connectivity index (χ3n) is 9.70. The maximum atomic E-state index is 6.56. The molecule has 0 amide bonds. The van der Waals surface area contributed by atoms with E-state index in [1.54, 1.807) is 0 Å². The van der Waals surface area contributed by atoms with E-state index in [1.165, 1.54) is 72.6 Å². The van der Waals surface area contributed by atoms with Gasteiger partial charge in [-0.3, -0.25) is 0 Å². The number of fused-ring (bicyclic) bond motifs is 7. The van der Waals surface area contributed by atoms with Crippen LogP contribution in [0, 0.1) is 34.6 Å². The van der Waals surface area contributed by atoms with Gasteiger partial charge >= 0.3 is 0 Å². The van der Waals surface area contributed by atoms with Crippen molar-refractivity contribution in [3.05, 3.63) is 137 Å². The van der Waals surface area contributed by atoms with E-state index in [9.17, 15) is 0 Å². The SMILES string of the molecule is Cc1ccc(N2c3ccc(C)cc3B3c4cc5oc6ccc(C)cc6c5cc4N(c4ccc(C)cc4)c4cc(C)cc2c43)cc1. The molecule has 0 spiro atoms. The van der Waals surface area contributed by atoms with Crippen molar-refractivity contribution in [2.24, 2.45) is 0 Å². The summed E-state index contributed by atoms with van der Waals surface area (Å²) >= 11 is 0. The number of rotatable bonds is 2. The largest absolute Gasteiger partial charge is 0.456 e. The molecule has 9 rings (SSSR count). The molecule has 6 aromatic carbocycles. The Kier molecular flexibility index (Phi) is 5.47. The average Bonchev–Trinajstić information content (AvgIpc) is 3.37. The smallest absolute Gasteiger partial charge is 0.252 e. The van der Waals surface area contributed by atoms with Crippen molar-refractivity contribution < 1.29 is 4.42 Å². The van der Waals surface area contributed by atoms with E-state index in [2.05, 4.69) is 154 Å². The lowest BCUT2D eigenvalue weighted by Crippen LogP contribution is -2.61. The highest BCUT2D eigenvalue weighted by Crippen LogP contribution is 2.46. The number of nitrogens with zero attached hydrogens (tertiary/aromatic N) is 2. The van der Waals surface area contributed by atoms with Gasteiger partial charge in [0.2, 0.25) is 0 Å². The first kappa shape index (κ1) is 26.2. The van der Waals surface area contributed by atoms with E-state index in [4.69, 9.17) is 4.42 Å². The molecule has 0 bridgehead atoms. The van der Waals surface area contributed by atoms with Crippen LogP contribution in [0.1, 0.15) is 27.8 Å². The summed E-state index contributed by atoms with van der Waals surface area (Å²) in [4.78, 5) is 4.96. The zero-order valence-electron chi connectivity index (χ0n) is 26.3. The number of benzene rings is 6. The van der Waals surface area contributed by atoms with Gasteiger partial charge in [0, 0.05) is 44.9 Å². The Morgan fingerprint density at radius 1 is 0.422 bits per heavy atom. The van der Waals surface area contributed by atoms with Crippen molar-refractivity contribution >= 4 is 79.2 Å². The van der Waals surface area contributed by atoms with Crippen LogP contribution in [0.25, 0.3) is 21.9 Å². The summed E-state index contributed by atoms with van der Waals surface area (Å²) in [6.45, 7) is 10.9. The molecule has 0 fully saturated rings. The van der Waals surface area contributed by atoms with Crippen LogP contribution in [0.2, 0.25) is 0 Å². The van der Waals surface area contributed by atoms with Crippen LogP contribution in [0.5, 0.6) is 0 Å². The predicted octanol–water partition coefficient (Wildman–Crippen LogP) is 9.21. The fourth-order valence-corrected chi connectivity index (χ4v) is 7.58. The molecule has 216 valence electrons. The predicted molar refractivity (Wildman–Crippen MR) is 191 cm³/mol. The second-order valence-corrected chi connectivity index (χ2v) is 13.1. The molecular weight excluding hydrogens is 547 g/mol. The number of hydrogen-bond donors (Lipinski definition) is 0. The van der Waals surface area contributed by atoms with Crippen LogP contribution < -0.4 is 26.2 Å². The minimum absolute atomic E-state index is 0.0586. The third kappa shape index (κ3) is 3.85. The van der Waals surface area contributed by atoms with Gasteiger partial charge in [0.25, 0.3) is 6.71 Å². The molecule has 4 heteroatoms. The molecule has 1 aromatic heterocycles. The number of hydrogen-bond acceptors (Lipinski definition) is 3. The average molecular weight is 581 g/mol. The Hall–Kier alpha value is -5.22. The van der Waals surface area contributed by atoms with Gasteiger partial charge < -0.3 is 14.2 Å². The molecule has 2 aliphatic heterocycles. The summed E-state index contributed by atoms with van der Waals surface area (Å²) in [6, 6.07) is 40.8. The maximum absolute atomic E-state index is 6.56. The molecule has 3 nitrogen and oxygen atoms in total. The second kappa shape index (κ2) is 9.39. The van der Waals surface area contributed by atoms with E-state index in [0.717, 1.165) is 27.6 Å². The van der Waals surface area contributed by atoms with Crippen LogP contribution in [-0.2, 0) is 0 Å². The number of aryl methyl sites for hydroxylation is 5. The highest BCUT2D eigenvalue weighted by molar-refractivity contribution is 7.00. The summed E-state index contributed by atoms with van der Waals surface area (Å²) in [6.07, 6.45) is 0. The molecule has 0 atom stereocenters. The quantitative estimate of drug-likeness (QED) is 0.190. The van der Waals surface area contributed by atoms with Gasteiger partial charge in [-0.2, -0.15) is 0 Å². The third-order valence-corrected chi connectivity index (χ3v) is 9.70.